The molecule has 0 aliphatic heterocycles. The van der Waals surface area contributed by atoms with Gasteiger partial charge in [0, 0.05) is 5.02 Å². The molecular weight excluding hydrogens is 172 g/mol. The zero-order valence-corrected chi connectivity index (χ0v) is 8.37. The molecule has 0 radical (unpaired) electrons. The first-order chi connectivity index (χ1) is 5.57. The summed E-state index contributed by atoms with van der Waals surface area (Å²) in [5.41, 5.74) is 3.16. The highest BCUT2D eigenvalue weighted by atomic mass is 35.5. The summed E-state index contributed by atoms with van der Waals surface area (Å²) < 4.78 is 0. The monoisotopic (exact) mass is 184 g/mol. The van der Waals surface area contributed by atoms with Crippen LogP contribution in [0.1, 0.15) is 23.6 Å². The zero-order valence-electron chi connectivity index (χ0n) is 7.61. The minimum Gasteiger partial charge on any atom is -0.508 e. The van der Waals surface area contributed by atoms with E-state index in [1.54, 1.807) is 6.07 Å². The van der Waals surface area contributed by atoms with E-state index in [0.29, 0.717) is 10.8 Å². The van der Waals surface area contributed by atoms with E-state index in [2.05, 4.69) is 0 Å². The van der Waals surface area contributed by atoms with Gasteiger partial charge in [-0.25, -0.2) is 0 Å². The van der Waals surface area contributed by atoms with Crippen LogP contribution in [0.2, 0.25) is 5.02 Å². The van der Waals surface area contributed by atoms with Gasteiger partial charge in [0.2, 0.25) is 0 Å². The summed E-state index contributed by atoms with van der Waals surface area (Å²) in [5, 5.41) is 10.2. The van der Waals surface area contributed by atoms with Gasteiger partial charge in [-0.05, 0) is 43.0 Å². The summed E-state index contributed by atoms with van der Waals surface area (Å²) in [6, 6.07) is 1.61. The maximum Gasteiger partial charge on any atom is 0.120 e. The number of halogens is 1. The van der Waals surface area contributed by atoms with Crippen molar-refractivity contribution in [3.8, 4) is 5.75 Å². The van der Waals surface area contributed by atoms with Gasteiger partial charge in [-0.2, -0.15) is 0 Å². The fourth-order valence-electron chi connectivity index (χ4n) is 1.36. The molecule has 0 amide bonds. The Kier molecular flexibility index (Phi) is 2.63. The predicted molar refractivity (Wildman–Crippen MR) is 52.0 cm³/mol. The third-order valence-corrected chi connectivity index (χ3v) is 2.69. The highest BCUT2D eigenvalue weighted by Crippen LogP contribution is 2.30. The second kappa shape index (κ2) is 3.36. The third kappa shape index (κ3) is 1.42. The minimum absolute atomic E-state index is 0.311. The van der Waals surface area contributed by atoms with Crippen molar-refractivity contribution in [2.75, 3.05) is 0 Å². The fraction of sp³-hybridized carbons (Fsp3) is 0.400. The summed E-state index contributed by atoms with van der Waals surface area (Å²) in [5.74, 6) is 0.311. The van der Waals surface area contributed by atoms with Crippen molar-refractivity contribution in [2.24, 2.45) is 0 Å². The molecule has 0 aliphatic carbocycles. The van der Waals surface area contributed by atoms with Crippen LogP contribution < -0.4 is 0 Å². The van der Waals surface area contributed by atoms with Gasteiger partial charge in [0.15, 0.2) is 0 Å². The third-order valence-electron chi connectivity index (χ3n) is 2.30. The second-order valence-electron chi connectivity index (χ2n) is 2.96. The molecule has 0 atom stereocenters. The summed E-state index contributed by atoms with van der Waals surface area (Å²) >= 11 is 5.89. The van der Waals surface area contributed by atoms with E-state index in [-0.39, 0.29) is 0 Å². The quantitative estimate of drug-likeness (QED) is 0.711. The number of hydrogen-bond donors (Lipinski definition) is 1. The Bertz CT molecular complexity index is 305. The lowest BCUT2D eigenvalue weighted by Gasteiger charge is -2.10. The first kappa shape index (κ1) is 9.40. The van der Waals surface area contributed by atoms with Gasteiger partial charge < -0.3 is 5.11 Å². The van der Waals surface area contributed by atoms with Crippen molar-refractivity contribution in [3.05, 3.63) is 27.8 Å². The number of hydrogen-bond acceptors (Lipinski definition) is 1. The maximum atomic E-state index is 9.51. The first-order valence-electron chi connectivity index (χ1n) is 4.05. The molecule has 0 fully saturated rings. The van der Waals surface area contributed by atoms with Crippen LogP contribution in [0.25, 0.3) is 0 Å². The van der Waals surface area contributed by atoms with Gasteiger partial charge in [0.1, 0.15) is 5.75 Å². The topological polar surface area (TPSA) is 20.2 Å². The van der Waals surface area contributed by atoms with E-state index >= 15 is 0 Å². The fourth-order valence-corrected chi connectivity index (χ4v) is 1.60. The lowest BCUT2D eigenvalue weighted by atomic mass is 10.0. The largest absolute Gasteiger partial charge is 0.508 e. The molecule has 1 aromatic rings. The molecule has 2 heteroatoms. The van der Waals surface area contributed by atoms with Crippen LogP contribution in [0.15, 0.2) is 6.07 Å². The molecule has 1 N–H and O–H groups in total. The number of phenolic OH excluding ortho intramolecular Hbond substituents is 1. The van der Waals surface area contributed by atoms with Crippen LogP contribution in [-0.4, -0.2) is 5.11 Å². The van der Waals surface area contributed by atoms with Crippen LogP contribution in [0.3, 0.4) is 0 Å². The molecule has 66 valence electrons. The Morgan fingerprint density at radius 3 is 2.42 bits per heavy atom. The van der Waals surface area contributed by atoms with E-state index in [1.807, 2.05) is 20.8 Å². The average Bonchev–Trinajstić information content (AvgIpc) is 2.01. The highest BCUT2D eigenvalue weighted by molar-refractivity contribution is 6.31. The van der Waals surface area contributed by atoms with Crippen molar-refractivity contribution < 1.29 is 5.11 Å². The van der Waals surface area contributed by atoms with Crippen LogP contribution in [0.5, 0.6) is 5.75 Å². The molecule has 1 nitrogen and oxygen atoms in total. The second-order valence-corrected chi connectivity index (χ2v) is 3.37. The zero-order chi connectivity index (χ0) is 9.30. The van der Waals surface area contributed by atoms with E-state index in [1.165, 1.54) is 0 Å². The maximum absolute atomic E-state index is 9.51. The van der Waals surface area contributed by atoms with Gasteiger partial charge in [-0.3, -0.25) is 0 Å². The van der Waals surface area contributed by atoms with E-state index in [9.17, 15) is 5.11 Å². The predicted octanol–water partition coefficient (Wildman–Crippen LogP) is 3.22. The first-order valence-corrected chi connectivity index (χ1v) is 4.43. The molecule has 12 heavy (non-hydrogen) atoms. The van der Waals surface area contributed by atoms with E-state index in [0.717, 1.165) is 23.1 Å². The molecule has 0 aromatic heterocycles. The van der Waals surface area contributed by atoms with Crippen molar-refractivity contribution in [2.45, 2.75) is 27.2 Å². The molecule has 0 heterocycles. The van der Waals surface area contributed by atoms with Crippen molar-refractivity contribution >= 4 is 11.6 Å². The van der Waals surface area contributed by atoms with Crippen LogP contribution in [0, 0.1) is 13.8 Å². The Balaban J connectivity index is 3.40. The number of rotatable bonds is 1. The number of aromatic hydroxyl groups is 1. The molecule has 0 spiro atoms. The van der Waals surface area contributed by atoms with Crippen LogP contribution >= 0.6 is 11.6 Å². The SMILES string of the molecule is CCc1c(O)cc(Cl)c(C)c1C. The minimum atomic E-state index is 0.311. The lowest BCUT2D eigenvalue weighted by Crippen LogP contribution is -1.91. The summed E-state index contributed by atoms with van der Waals surface area (Å²) in [6.07, 6.45) is 0.843. The molecular formula is C10H13ClO. The Labute approximate surface area is 78.0 Å². The number of benzene rings is 1. The molecule has 0 aliphatic rings. The van der Waals surface area contributed by atoms with Crippen molar-refractivity contribution in [1.29, 1.82) is 0 Å². The summed E-state index contributed by atoms with van der Waals surface area (Å²) in [6.45, 7) is 5.98. The molecule has 0 bridgehead atoms. The van der Waals surface area contributed by atoms with Gasteiger partial charge >= 0.3 is 0 Å². The molecule has 0 unspecified atom stereocenters. The Morgan fingerprint density at radius 1 is 1.33 bits per heavy atom. The molecule has 1 rings (SSSR count). The Morgan fingerprint density at radius 2 is 1.92 bits per heavy atom. The molecule has 0 saturated carbocycles. The molecule has 0 saturated heterocycles. The normalized spacial score (nSPS) is 10.3. The van der Waals surface area contributed by atoms with Gasteiger partial charge in [-0.15, -0.1) is 0 Å². The number of phenols is 1. The average molecular weight is 185 g/mol. The summed E-state index contributed by atoms with van der Waals surface area (Å²) in [4.78, 5) is 0. The van der Waals surface area contributed by atoms with E-state index < -0.39 is 0 Å². The van der Waals surface area contributed by atoms with Gasteiger partial charge in [-0.1, -0.05) is 18.5 Å². The smallest absolute Gasteiger partial charge is 0.120 e. The Hall–Kier alpha value is -0.690. The van der Waals surface area contributed by atoms with Gasteiger partial charge in [0.25, 0.3) is 0 Å². The van der Waals surface area contributed by atoms with Gasteiger partial charge in [0.05, 0.1) is 0 Å². The van der Waals surface area contributed by atoms with Crippen LogP contribution in [0.4, 0.5) is 0 Å². The lowest BCUT2D eigenvalue weighted by molar-refractivity contribution is 0.468. The summed E-state index contributed by atoms with van der Waals surface area (Å²) in [7, 11) is 0. The molecule has 1 aromatic carbocycles. The highest BCUT2D eigenvalue weighted by Gasteiger charge is 2.08. The van der Waals surface area contributed by atoms with Crippen molar-refractivity contribution in [1.82, 2.24) is 0 Å². The standard InChI is InChI=1S/C10H13ClO/c1-4-8-6(2)7(3)9(11)5-10(8)12/h5,12H,4H2,1-3H3. The van der Waals surface area contributed by atoms with Crippen LogP contribution in [-0.2, 0) is 6.42 Å². The van der Waals surface area contributed by atoms with E-state index in [4.69, 9.17) is 11.6 Å². The van der Waals surface area contributed by atoms with Crippen molar-refractivity contribution in [3.63, 3.8) is 0 Å².